The van der Waals surface area contributed by atoms with Crippen LogP contribution in [0.25, 0.3) is 11.6 Å². The average Bonchev–Trinajstić information content (AvgIpc) is 3.42. The molecular weight excluding hydrogens is 422 g/mol. The molecule has 0 fully saturated rings. The van der Waals surface area contributed by atoms with E-state index >= 15 is 0 Å². The van der Waals surface area contributed by atoms with Crippen molar-refractivity contribution < 1.29 is 14.7 Å². The predicted molar refractivity (Wildman–Crippen MR) is 121 cm³/mol. The average molecular weight is 445 g/mol. The number of hydrogen-bond donors (Lipinski definition) is 2. The van der Waals surface area contributed by atoms with Gasteiger partial charge in [0.05, 0.1) is 16.9 Å². The lowest BCUT2D eigenvalue weighted by molar-refractivity contribution is 0.0689. The van der Waals surface area contributed by atoms with Crippen LogP contribution in [0.15, 0.2) is 48.8 Å². The summed E-state index contributed by atoms with van der Waals surface area (Å²) >= 11 is 0. The quantitative estimate of drug-likeness (QED) is 0.464. The van der Waals surface area contributed by atoms with Gasteiger partial charge in [0.15, 0.2) is 5.69 Å². The number of aromatic carboxylic acids is 1. The van der Waals surface area contributed by atoms with E-state index in [1.165, 1.54) is 15.4 Å². The van der Waals surface area contributed by atoms with Crippen molar-refractivity contribution in [1.82, 2.24) is 29.5 Å². The van der Waals surface area contributed by atoms with Crippen molar-refractivity contribution in [1.29, 1.82) is 0 Å². The molecule has 0 radical (unpaired) electrons. The molecule has 0 atom stereocenters. The molecule has 4 rings (SSSR count). The minimum absolute atomic E-state index is 0.0172. The van der Waals surface area contributed by atoms with E-state index in [0.717, 1.165) is 11.4 Å². The highest BCUT2D eigenvalue weighted by Crippen LogP contribution is 2.21. The van der Waals surface area contributed by atoms with Gasteiger partial charge >= 0.3 is 5.97 Å². The monoisotopic (exact) mass is 445 g/mol. The summed E-state index contributed by atoms with van der Waals surface area (Å²) in [5.41, 5.74) is 3.93. The van der Waals surface area contributed by atoms with E-state index in [4.69, 9.17) is 5.11 Å². The molecule has 1 aromatic carbocycles. The van der Waals surface area contributed by atoms with Gasteiger partial charge < -0.3 is 10.4 Å². The maximum absolute atomic E-state index is 13.1. The van der Waals surface area contributed by atoms with Crippen LogP contribution in [0.3, 0.4) is 0 Å². The van der Waals surface area contributed by atoms with Crippen molar-refractivity contribution in [2.75, 3.05) is 5.32 Å². The Morgan fingerprint density at radius 2 is 1.64 bits per heavy atom. The van der Waals surface area contributed by atoms with Crippen LogP contribution in [0.4, 0.5) is 5.69 Å². The number of aryl methyl sites for hydroxylation is 2. The highest BCUT2D eigenvalue weighted by atomic mass is 16.4. The SMILES string of the molecule is Cc1cc(C)nc(-n2cc(C(=O)Nc3ccc(-n4ccc(C(=O)O)n4)cc3)c(C(C)C)n2)n1. The third-order valence-corrected chi connectivity index (χ3v) is 4.91. The number of benzene rings is 1. The van der Waals surface area contributed by atoms with Crippen molar-refractivity contribution in [3.8, 4) is 11.6 Å². The summed E-state index contributed by atoms with van der Waals surface area (Å²) in [5, 5.41) is 20.5. The molecule has 0 aliphatic carbocycles. The van der Waals surface area contributed by atoms with E-state index in [1.54, 1.807) is 36.7 Å². The number of nitrogens with zero attached hydrogens (tertiary/aromatic N) is 6. The van der Waals surface area contributed by atoms with Gasteiger partial charge in [-0.15, -0.1) is 0 Å². The van der Waals surface area contributed by atoms with Crippen LogP contribution in [0.5, 0.6) is 0 Å². The molecule has 10 nitrogen and oxygen atoms in total. The number of carboxylic acid groups (broad SMARTS) is 1. The zero-order valence-electron chi connectivity index (χ0n) is 18.6. The van der Waals surface area contributed by atoms with Crippen LogP contribution in [-0.4, -0.2) is 46.5 Å². The second-order valence-electron chi connectivity index (χ2n) is 7.93. The first kappa shape index (κ1) is 21.9. The Balaban J connectivity index is 1.57. The summed E-state index contributed by atoms with van der Waals surface area (Å²) in [7, 11) is 0. The van der Waals surface area contributed by atoms with Crippen LogP contribution in [0, 0.1) is 13.8 Å². The lowest BCUT2D eigenvalue weighted by Gasteiger charge is -2.08. The fourth-order valence-electron chi connectivity index (χ4n) is 3.38. The van der Waals surface area contributed by atoms with Gasteiger partial charge in [-0.1, -0.05) is 13.8 Å². The Kier molecular flexibility index (Phi) is 5.74. The smallest absolute Gasteiger partial charge is 0.356 e. The maximum Gasteiger partial charge on any atom is 0.356 e. The fourth-order valence-corrected chi connectivity index (χ4v) is 3.38. The van der Waals surface area contributed by atoms with Gasteiger partial charge in [0.2, 0.25) is 0 Å². The predicted octanol–water partition coefficient (Wildman–Crippen LogP) is 3.54. The first-order chi connectivity index (χ1) is 15.7. The number of aromatic nitrogens is 6. The van der Waals surface area contributed by atoms with E-state index in [1.807, 2.05) is 33.8 Å². The van der Waals surface area contributed by atoms with Gasteiger partial charge in [0.1, 0.15) is 0 Å². The minimum atomic E-state index is -1.09. The first-order valence-electron chi connectivity index (χ1n) is 10.3. The maximum atomic E-state index is 13.1. The highest BCUT2D eigenvalue weighted by molar-refractivity contribution is 6.05. The summed E-state index contributed by atoms with van der Waals surface area (Å²) < 4.78 is 2.99. The number of carboxylic acids is 1. The number of amides is 1. The highest BCUT2D eigenvalue weighted by Gasteiger charge is 2.21. The number of rotatable bonds is 6. The number of anilines is 1. The Bertz CT molecular complexity index is 1320. The molecule has 0 unspecified atom stereocenters. The second kappa shape index (κ2) is 8.65. The van der Waals surface area contributed by atoms with E-state index in [-0.39, 0.29) is 17.5 Å². The molecule has 3 aromatic heterocycles. The molecule has 0 aliphatic heterocycles. The Morgan fingerprint density at radius 3 is 2.21 bits per heavy atom. The largest absolute Gasteiger partial charge is 0.476 e. The van der Waals surface area contributed by atoms with Crippen LogP contribution in [0.2, 0.25) is 0 Å². The third kappa shape index (κ3) is 4.64. The molecule has 0 saturated heterocycles. The molecular formula is C23H23N7O3. The lowest BCUT2D eigenvalue weighted by atomic mass is 10.1. The standard InChI is InChI=1S/C23H23N7O3/c1-13(2)20-18(12-30(28-20)23-24-14(3)11-15(4)25-23)21(31)26-16-5-7-17(8-6-16)29-10-9-19(27-29)22(32)33/h5-13H,1-4H3,(H,26,31)(H,32,33). The summed E-state index contributed by atoms with van der Waals surface area (Å²) in [5.74, 6) is -0.957. The normalized spacial score (nSPS) is 11.1. The van der Waals surface area contributed by atoms with Crippen LogP contribution in [0.1, 0.15) is 57.7 Å². The first-order valence-corrected chi connectivity index (χ1v) is 10.3. The molecule has 2 N–H and O–H groups in total. The second-order valence-corrected chi connectivity index (χ2v) is 7.93. The van der Waals surface area contributed by atoms with Crippen molar-refractivity contribution >= 4 is 17.6 Å². The number of carbonyl (C=O) groups is 2. The summed E-state index contributed by atoms with van der Waals surface area (Å²) in [6.07, 6.45) is 3.21. The van der Waals surface area contributed by atoms with Gasteiger partial charge in [-0.3, -0.25) is 4.79 Å². The van der Waals surface area contributed by atoms with Crippen molar-refractivity contribution in [3.63, 3.8) is 0 Å². The number of hydrogen-bond acceptors (Lipinski definition) is 6. The van der Waals surface area contributed by atoms with Gasteiger partial charge in [-0.25, -0.2) is 24.1 Å². The van der Waals surface area contributed by atoms with Gasteiger partial charge in [-0.2, -0.15) is 10.2 Å². The van der Waals surface area contributed by atoms with Crippen LogP contribution in [-0.2, 0) is 0 Å². The molecule has 0 spiro atoms. The molecule has 168 valence electrons. The fraction of sp³-hybridized carbons (Fsp3) is 0.217. The number of nitrogens with one attached hydrogen (secondary N) is 1. The molecule has 10 heteroatoms. The van der Waals surface area contributed by atoms with E-state index in [9.17, 15) is 9.59 Å². The zero-order valence-corrected chi connectivity index (χ0v) is 18.6. The topological polar surface area (TPSA) is 128 Å². The third-order valence-electron chi connectivity index (χ3n) is 4.91. The summed E-state index contributed by atoms with van der Waals surface area (Å²) in [6.45, 7) is 7.70. The molecule has 4 aromatic rings. The number of carbonyl (C=O) groups excluding carboxylic acids is 1. The molecule has 0 bridgehead atoms. The molecule has 33 heavy (non-hydrogen) atoms. The Hall–Kier alpha value is -4.34. The lowest BCUT2D eigenvalue weighted by Crippen LogP contribution is -2.13. The van der Waals surface area contributed by atoms with Crippen LogP contribution < -0.4 is 5.32 Å². The van der Waals surface area contributed by atoms with E-state index in [2.05, 4.69) is 25.5 Å². The molecule has 0 saturated carbocycles. The van der Waals surface area contributed by atoms with Crippen molar-refractivity contribution in [3.05, 3.63) is 77.1 Å². The van der Waals surface area contributed by atoms with Crippen molar-refractivity contribution in [2.45, 2.75) is 33.6 Å². The van der Waals surface area contributed by atoms with Gasteiger partial charge in [0.25, 0.3) is 11.9 Å². The minimum Gasteiger partial charge on any atom is -0.476 e. The van der Waals surface area contributed by atoms with Crippen LogP contribution >= 0.6 is 0 Å². The van der Waals surface area contributed by atoms with E-state index < -0.39 is 5.97 Å². The Labute approximate surface area is 189 Å². The molecule has 0 aliphatic rings. The summed E-state index contributed by atoms with van der Waals surface area (Å²) in [6, 6.07) is 10.2. The molecule has 1 amide bonds. The zero-order chi connectivity index (χ0) is 23.7. The van der Waals surface area contributed by atoms with Gasteiger partial charge in [-0.05, 0) is 56.2 Å². The molecule has 3 heterocycles. The Morgan fingerprint density at radius 1 is 0.970 bits per heavy atom. The van der Waals surface area contributed by atoms with Crippen molar-refractivity contribution in [2.24, 2.45) is 0 Å². The van der Waals surface area contributed by atoms with Gasteiger partial charge in [0, 0.05) is 29.5 Å². The van der Waals surface area contributed by atoms with E-state index in [0.29, 0.717) is 28.6 Å². The summed E-state index contributed by atoms with van der Waals surface area (Å²) in [4.78, 5) is 32.9.